The van der Waals surface area contributed by atoms with Crippen LogP contribution in [0.3, 0.4) is 0 Å². The minimum atomic E-state index is -5.08. The fraction of sp³-hybridized carbons (Fsp3) is 0.0500. The van der Waals surface area contributed by atoms with Gasteiger partial charge in [0, 0.05) is 10.8 Å². The minimum Gasteiger partial charge on any atom is -0.245 e. The van der Waals surface area contributed by atoms with Crippen molar-refractivity contribution in [1.29, 1.82) is 0 Å². The van der Waals surface area contributed by atoms with Crippen LogP contribution in [0.25, 0.3) is 21.7 Å². The van der Waals surface area contributed by atoms with Crippen LogP contribution < -0.4 is 0 Å². The molecule has 3 aromatic carbocycles. The molecule has 4 aromatic rings. The standard InChI is InChI=1S/C20H12F3NO2S/c21-13-10-11-15-16-8-4-5-9-18(16)24-19(17(15)12-13)20(22,23)27(25,26)14-6-2-1-3-7-14/h1-12H. The summed E-state index contributed by atoms with van der Waals surface area (Å²) in [6.07, 6.45) is 0. The summed E-state index contributed by atoms with van der Waals surface area (Å²) in [5.41, 5.74) is -0.783. The molecule has 0 saturated heterocycles. The lowest BCUT2D eigenvalue weighted by atomic mass is 10.0. The summed E-state index contributed by atoms with van der Waals surface area (Å²) in [4.78, 5) is 3.38. The zero-order chi connectivity index (χ0) is 19.2. The third-order valence-electron chi connectivity index (χ3n) is 4.33. The molecule has 7 heteroatoms. The lowest BCUT2D eigenvalue weighted by Gasteiger charge is -2.19. The number of hydrogen-bond acceptors (Lipinski definition) is 3. The second-order valence-corrected chi connectivity index (χ2v) is 7.99. The largest absolute Gasteiger partial charge is 0.392 e. The number of benzene rings is 3. The highest BCUT2D eigenvalue weighted by Crippen LogP contribution is 2.42. The van der Waals surface area contributed by atoms with Crippen LogP contribution in [-0.4, -0.2) is 13.4 Å². The van der Waals surface area contributed by atoms with Gasteiger partial charge in [-0.1, -0.05) is 42.5 Å². The van der Waals surface area contributed by atoms with Gasteiger partial charge in [0.1, 0.15) is 11.5 Å². The molecule has 3 nitrogen and oxygen atoms in total. The molecule has 0 aliphatic rings. The van der Waals surface area contributed by atoms with E-state index in [9.17, 15) is 12.8 Å². The van der Waals surface area contributed by atoms with E-state index in [2.05, 4.69) is 4.98 Å². The summed E-state index contributed by atoms with van der Waals surface area (Å²) in [7, 11) is -5.08. The zero-order valence-electron chi connectivity index (χ0n) is 13.7. The van der Waals surface area contributed by atoms with Crippen LogP contribution in [0, 0.1) is 5.82 Å². The van der Waals surface area contributed by atoms with Gasteiger partial charge in [0.25, 0.3) is 0 Å². The number of sulfone groups is 1. The van der Waals surface area contributed by atoms with Gasteiger partial charge in [0.2, 0.25) is 9.84 Å². The van der Waals surface area contributed by atoms with E-state index in [1.165, 1.54) is 30.3 Å². The number of rotatable bonds is 3. The van der Waals surface area contributed by atoms with Gasteiger partial charge in [0.15, 0.2) is 0 Å². The Balaban J connectivity index is 2.09. The first-order valence-electron chi connectivity index (χ1n) is 7.98. The number of para-hydroxylation sites is 1. The molecule has 0 N–H and O–H groups in total. The highest BCUT2D eigenvalue weighted by molar-refractivity contribution is 7.92. The lowest BCUT2D eigenvalue weighted by Crippen LogP contribution is -2.28. The Kier molecular flexibility index (Phi) is 3.92. The predicted octanol–water partition coefficient (Wildman–Crippen LogP) is 5.05. The molecule has 0 fully saturated rings. The van der Waals surface area contributed by atoms with E-state index in [0.29, 0.717) is 10.8 Å². The highest BCUT2D eigenvalue weighted by Gasteiger charge is 2.50. The maximum absolute atomic E-state index is 15.2. The maximum Gasteiger partial charge on any atom is 0.392 e. The first-order chi connectivity index (χ1) is 12.8. The van der Waals surface area contributed by atoms with E-state index < -0.39 is 31.5 Å². The molecule has 27 heavy (non-hydrogen) atoms. The molecule has 0 saturated carbocycles. The van der Waals surface area contributed by atoms with Crippen LogP contribution in [0.2, 0.25) is 0 Å². The average Bonchev–Trinajstić information content (AvgIpc) is 2.67. The van der Waals surface area contributed by atoms with E-state index in [-0.39, 0.29) is 10.9 Å². The Morgan fingerprint density at radius 3 is 2.19 bits per heavy atom. The van der Waals surface area contributed by atoms with E-state index >= 15 is 8.78 Å². The van der Waals surface area contributed by atoms with E-state index in [1.807, 2.05) is 0 Å². The molecule has 1 heterocycles. The predicted molar refractivity (Wildman–Crippen MR) is 96.7 cm³/mol. The van der Waals surface area contributed by atoms with Gasteiger partial charge in [0.05, 0.1) is 10.4 Å². The summed E-state index contributed by atoms with van der Waals surface area (Å²) < 4.78 is 69.5. The second kappa shape index (κ2) is 6.06. The van der Waals surface area contributed by atoms with E-state index in [0.717, 1.165) is 24.3 Å². The van der Waals surface area contributed by atoms with Crippen LogP contribution in [-0.2, 0) is 15.1 Å². The van der Waals surface area contributed by atoms with Gasteiger partial charge in [-0.25, -0.2) is 17.8 Å². The van der Waals surface area contributed by atoms with Gasteiger partial charge >= 0.3 is 5.25 Å². The molecule has 0 amide bonds. The topological polar surface area (TPSA) is 47.0 Å². The normalized spacial score (nSPS) is 12.6. The lowest BCUT2D eigenvalue weighted by molar-refractivity contribution is 0.0877. The molecule has 0 atom stereocenters. The molecule has 4 rings (SSSR count). The quantitative estimate of drug-likeness (QED) is 0.462. The molecule has 0 aliphatic carbocycles. The summed E-state index contributed by atoms with van der Waals surface area (Å²) in [5, 5.41) is -3.74. The Bertz CT molecular complexity index is 1270. The first-order valence-corrected chi connectivity index (χ1v) is 9.46. The van der Waals surface area contributed by atoms with E-state index in [1.54, 1.807) is 18.2 Å². The Morgan fingerprint density at radius 1 is 0.778 bits per heavy atom. The van der Waals surface area contributed by atoms with Crippen molar-refractivity contribution in [2.24, 2.45) is 0 Å². The Morgan fingerprint density at radius 2 is 1.44 bits per heavy atom. The molecule has 0 spiro atoms. The van der Waals surface area contributed by atoms with Crippen molar-refractivity contribution < 1.29 is 21.6 Å². The maximum atomic E-state index is 15.2. The summed E-state index contributed by atoms with van der Waals surface area (Å²) >= 11 is 0. The van der Waals surface area contributed by atoms with Crippen molar-refractivity contribution >= 4 is 31.5 Å². The molecular weight excluding hydrogens is 375 g/mol. The number of alkyl halides is 2. The van der Waals surface area contributed by atoms with Crippen molar-refractivity contribution in [2.45, 2.75) is 10.2 Å². The van der Waals surface area contributed by atoms with Crippen LogP contribution in [0.1, 0.15) is 5.69 Å². The van der Waals surface area contributed by atoms with E-state index in [4.69, 9.17) is 0 Å². The Hall–Kier alpha value is -2.93. The second-order valence-electron chi connectivity index (χ2n) is 6.00. The molecule has 0 radical (unpaired) electrons. The van der Waals surface area contributed by atoms with Crippen LogP contribution in [0.4, 0.5) is 13.2 Å². The van der Waals surface area contributed by atoms with Crippen molar-refractivity contribution in [3.8, 4) is 0 Å². The van der Waals surface area contributed by atoms with Crippen molar-refractivity contribution in [3.63, 3.8) is 0 Å². The zero-order valence-corrected chi connectivity index (χ0v) is 14.6. The van der Waals surface area contributed by atoms with Crippen molar-refractivity contribution in [1.82, 2.24) is 4.98 Å². The molecular formula is C20H12F3NO2S. The SMILES string of the molecule is O=S(=O)(c1ccccc1)C(F)(F)c1nc2ccccc2c2ccc(F)cc12. The number of nitrogens with zero attached hydrogens (tertiary/aromatic N) is 1. The van der Waals surface area contributed by atoms with Crippen molar-refractivity contribution in [3.05, 3.63) is 84.3 Å². The van der Waals surface area contributed by atoms with Crippen LogP contribution in [0.5, 0.6) is 0 Å². The smallest absolute Gasteiger partial charge is 0.245 e. The molecule has 136 valence electrons. The molecule has 0 aliphatic heterocycles. The summed E-state index contributed by atoms with van der Waals surface area (Å²) in [6, 6.07) is 16.3. The number of halogens is 3. The highest BCUT2D eigenvalue weighted by atomic mass is 32.2. The minimum absolute atomic E-state index is 0.203. The average molecular weight is 387 g/mol. The third kappa shape index (κ3) is 2.66. The summed E-state index contributed by atoms with van der Waals surface area (Å²) in [6.45, 7) is 0. The Labute approximate surface area is 153 Å². The van der Waals surface area contributed by atoms with Gasteiger partial charge < -0.3 is 0 Å². The van der Waals surface area contributed by atoms with Gasteiger partial charge in [-0.2, -0.15) is 8.78 Å². The molecule has 1 aromatic heterocycles. The van der Waals surface area contributed by atoms with Crippen molar-refractivity contribution in [2.75, 3.05) is 0 Å². The third-order valence-corrected chi connectivity index (χ3v) is 6.09. The van der Waals surface area contributed by atoms with Crippen LogP contribution >= 0.6 is 0 Å². The number of hydrogen-bond donors (Lipinski definition) is 0. The summed E-state index contributed by atoms with van der Waals surface area (Å²) in [5.74, 6) is -0.756. The number of pyridine rings is 1. The number of fused-ring (bicyclic) bond motifs is 3. The van der Waals surface area contributed by atoms with Gasteiger partial charge in [-0.15, -0.1) is 0 Å². The van der Waals surface area contributed by atoms with Gasteiger partial charge in [-0.05, 0) is 35.7 Å². The van der Waals surface area contributed by atoms with Gasteiger partial charge in [-0.3, -0.25) is 0 Å². The number of aromatic nitrogens is 1. The fourth-order valence-electron chi connectivity index (χ4n) is 3.02. The fourth-order valence-corrected chi connectivity index (χ4v) is 4.25. The monoisotopic (exact) mass is 387 g/mol. The molecule has 0 bridgehead atoms. The molecule has 0 unspecified atom stereocenters. The first kappa shape index (κ1) is 17.5. The van der Waals surface area contributed by atoms with Crippen LogP contribution in [0.15, 0.2) is 77.7 Å².